The smallest absolute Gasteiger partial charge is 0.209 e. The largest absolute Gasteiger partial charge is 0.495 e. The number of likely N-dealkylation sites (tertiary alicyclic amines) is 1. The van der Waals surface area contributed by atoms with E-state index in [-0.39, 0.29) is 0 Å². The van der Waals surface area contributed by atoms with Gasteiger partial charge in [-0.1, -0.05) is 36.3 Å². The lowest BCUT2D eigenvalue weighted by molar-refractivity contribution is 0.0327. The minimum atomic E-state index is 0.715. The van der Waals surface area contributed by atoms with Gasteiger partial charge in [0.25, 0.3) is 0 Å². The molecule has 2 fully saturated rings. The van der Waals surface area contributed by atoms with Gasteiger partial charge in [0, 0.05) is 12.6 Å². The number of aromatic nitrogens is 2. The number of methoxy groups -OCH3 is 1. The van der Waals surface area contributed by atoms with Gasteiger partial charge in [0.2, 0.25) is 5.13 Å². The molecule has 0 bridgehead atoms. The monoisotopic (exact) mass is 390 g/mol. The van der Waals surface area contributed by atoms with Crippen LogP contribution in [0.1, 0.15) is 38.5 Å². The summed E-state index contributed by atoms with van der Waals surface area (Å²) < 4.78 is 8.21. The average molecular weight is 391 g/mol. The summed E-state index contributed by atoms with van der Waals surface area (Å²) in [5, 5.41) is 8.91. The van der Waals surface area contributed by atoms with Crippen LogP contribution < -0.4 is 10.1 Å². The van der Waals surface area contributed by atoms with Crippen LogP contribution in [-0.4, -0.2) is 34.4 Å². The number of nitrogens with zero attached hydrogens (tertiary/aromatic N) is 3. The van der Waals surface area contributed by atoms with Crippen molar-refractivity contribution in [2.45, 2.75) is 51.2 Å². The summed E-state index contributed by atoms with van der Waals surface area (Å²) in [6, 6.07) is 8.59. The number of anilines is 2. The molecule has 0 amide bonds. The number of ether oxygens (including phenoxy) is 1. The molecule has 1 aromatic heterocycles. The molecule has 26 heavy (non-hydrogen) atoms. The van der Waals surface area contributed by atoms with Gasteiger partial charge >= 0.3 is 0 Å². The van der Waals surface area contributed by atoms with Gasteiger partial charge in [0.05, 0.1) is 19.5 Å². The molecule has 1 N–H and O–H groups in total. The van der Waals surface area contributed by atoms with Crippen LogP contribution in [0.5, 0.6) is 5.75 Å². The fourth-order valence-electron chi connectivity index (χ4n) is 4.38. The van der Waals surface area contributed by atoms with Gasteiger partial charge < -0.3 is 10.1 Å². The first-order valence-corrected chi connectivity index (χ1v) is 10.7. The van der Waals surface area contributed by atoms with E-state index in [2.05, 4.69) is 10.2 Å². The summed E-state index contributed by atoms with van der Waals surface area (Å²) in [4.78, 5) is 2.61. The van der Waals surface area contributed by atoms with Gasteiger partial charge in [-0.2, -0.15) is 0 Å². The zero-order valence-electron chi connectivity index (χ0n) is 15.2. The lowest BCUT2D eigenvalue weighted by atomic mass is 9.78. The third-order valence-electron chi connectivity index (χ3n) is 5.63. The minimum absolute atomic E-state index is 0.715. The number of hydrogen-bond acceptors (Lipinski definition) is 6. The van der Waals surface area contributed by atoms with Crippen LogP contribution in [0.25, 0.3) is 0 Å². The van der Waals surface area contributed by atoms with Crippen LogP contribution in [-0.2, 0) is 6.67 Å². The fourth-order valence-corrected chi connectivity index (χ4v) is 5.39. The van der Waals surface area contributed by atoms with Gasteiger partial charge in [-0.05, 0) is 56.0 Å². The zero-order valence-corrected chi connectivity index (χ0v) is 16.8. The van der Waals surface area contributed by atoms with Crippen molar-refractivity contribution in [2.75, 3.05) is 19.0 Å². The van der Waals surface area contributed by atoms with Gasteiger partial charge in [-0.15, -0.1) is 5.10 Å². The molecule has 2 heterocycles. The third kappa shape index (κ3) is 3.80. The molecule has 1 aliphatic carbocycles. The van der Waals surface area contributed by atoms with E-state index in [4.69, 9.17) is 22.1 Å². The minimum Gasteiger partial charge on any atom is -0.495 e. The molecular weight excluding hydrogens is 364 g/mol. The van der Waals surface area contributed by atoms with E-state index in [1.54, 1.807) is 7.11 Å². The molecule has 0 spiro atoms. The van der Waals surface area contributed by atoms with Crippen molar-refractivity contribution in [1.29, 1.82) is 0 Å². The molecule has 7 heteroatoms. The van der Waals surface area contributed by atoms with Crippen molar-refractivity contribution < 1.29 is 4.74 Å². The molecule has 1 saturated heterocycles. The second-order valence-corrected chi connectivity index (χ2v) is 8.83. The van der Waals surface area contributed by atoms with Crippen molar-refractivity contribution in [1.82, 2.24) is 14.7 Å². The Morgan fingerprint density at radius 3 is 2.92 bits per heavy atom. The second-order valence-electron chi connectivity index (χ2n) is 7.21. The van der Waals surface area contributed by atoms with Crippen LogP contribution >= 0.6 is 23.6 Å². The van der Waals surface area contributed by atoms with Gasteiger partial charge in [0.1, 0.15) is 5.75 Å². The highest BCUT2D eigenvalue weighted by Gasteiger charge is 2.33. The quantitative estimate of drug-likeness (QED) is 0.725. The molecule has 1 aliphatic heterocycles. The third-order valence-corrected chi connectivity index (χ3v) is 6.85. The highest BCUT2D eigenvalue weighted by Crippen LogP contribution is 2.36. The number of benzene rings is 1. The lowest BCUT2D eigenvalue weighted by Crippen LogP contribution is -2.47. The summed E-state index contributed by atoms with van der Waals surface area (Å²) in [5.74, 6) is 1.68. The standard InChI is InChI=1S/C19H26N4OS2/c1-24-17-11-5-3-9-15(17)20-18-21-23(19(25)26-18)13-22-12-6-8-14-7-2-4-10-16(14)22/h3,5,9,11,14,16H,2,4,6-8,10,12-13H2,1H3,(H,20,21). The van der Waals surface area contributed by atoms with Crippen molar-refractivity contribution >= 4 is 34.4 Å². The van der Waals surface area contributed by atoms with Crippen LogP contribution in [0.3, 0.4) is 0 Å². The lowest BCUT2D eigenvalue weighted by Gasteiger charge is -2.43. The summed E-state index contributed by atoms with van der Waals surface area (Å²) in [6.45, 7) is 1.97. The molecular formula is C19H26N4OS2. The van der Waals surface area contributed by atoms with Crippen molar-refractivity contribution in [2.24, 2.45) is 5.92 Å². The maximum absolute atomic E-state index is 5.59. The number of fused-ring (bicyclic) bond motifs is 1. The van der Waals surface area contributed by atoms with Crippen molar-refractivity contribution in [3.05, 3.63) is 28.2 Å². The average Bonchev–Trinajstić information content (AvgIpc) is 3.01. The molecule has 2 unspecified atom stereocenters. The number of para-hydroxylation sites is 2. The van der Waals surface area contributed by atoms with E-state index < -0.39 is 0 Å². The Hall–Kier alpha value is -1.44. The van der Waals surface area contributed by atoms with Crippen LogP contribution in [0.2, 0.25) is 0 Å². The Kier molecular flexibility index (Phi) is 5.57. The van der Waals surface area contributed by atoms with Gasteiger partial charge in [-0.3, -0.25) is 4.90 Å². The molecule has 1 aromatic carbocycles. The Labute approximate surface area is 164 Å². The molecule has 5 nitrogen and oxygen atoms in total. The Bertz CT molecular complexity index is 801. The summed E-state index contributed by atoms with van der Waals surface area (Å²) in [6.07, 6.45) is 8.17. The first kappa shape index (κ1) is 17.9. The number of hydrogen-bond donors (Lipinski definition) is 1. The normalized spacial score (nSPS) is 23.4. The molecule has 0 radical (unpaired) electrons. The fraction of sp³-hybridized carbons (Fsp3) is 0.579. The Morgan fingerprint density at radius 2 is 2.04 bits per heavy atom. The van der Waals surface area contributed by atoms with E-state index in [9.17, 15) is 0 Å². The summed E-state index contributed by atoms with van der Waals surface area (Å²) in [7, 11) is 1.68. The predicted molar refractivity (Wildman–Crippen MR) is 109 cm³/mol. The van der Waals surface area contributed by atoms with Crippen molar-refractivity contribution in [3.63, 3.8) is 0 Å². The van der Waals surface area contributed by atoms with E-state index >= 15 is 0 Å². The predicted octanol–water partition coefficient (Wildman–Crippen LogP) is 5.04. The first-order chi connectivity index (χ1) is 12.7. The number of rotatable bonds is 5. The highest BCUT2D eigenvalue weighted by molar-refractivity contribution is 7.73. The summed E-state index contributed by atoms with van der Waals surface area (Å²) in [5.41, 5.74) is 0.913. The molecule has 2 atom stereocenters. The van der Waals surface area contributed by atoms with Crippen molar-refractivity contribution in [3.8, 4) is 5.75 Å². The van der Waals surface area contributed by atoms with E-state index in [1.165, 1.54) is 49.9 Å². The summed E-state index contributed by atoms with van der Waals surface area (Å²) >= 11 is 7.11. The van der Waals surface area contributed by atoms with E-state index in [0.717, 1.165) is 39.7 Å². The first-order valence-electron chi connectivity index (χ1n) is 9.46. The molecule has 2 aromatic rings. The number of nitrogens with one attached hydrogen (secondary N) is 1. The molecule has 140 valence electrons. The topological polar surface area (TPSA) is 42.3 Å². The second kappa shape index (κ2) is 8.06. The number of piperidine rings is 1. The van der Waals surface area contributed by atoms with Gasteiger partial charge in [0.15, 0.2) is 3.95 Å². The van der Waals surface area contributed by atoms with E-state index in [0.29, 0.717) is 6.04 Å². The highest BCUT2D eigenvalue weighted by atomic mass is 32.1. The molecule has 4 rings (SSSR count). The van der Waals surface area contributed by atoms with E-state index in [1.807, 2.05) is 28.9 Å². The molecule has 1 saturated carbocycles. The van der Waals surface area contributed by atoms with Gasteiger partial charge in [-0.25, -0.2) is 4.68 Å². The zero-order chi connectivity index (χ0) is 17.9. The molecule has 2 aliphatic rings. The Morgan fingerprint density at radius 1 is 1.23 bits per heavy atom. The van der Waals surface area contributed by atoms with Crippen LogP contribution in [0.15, 0.2) is 24.3 Å². The maximum atomic E-state index is 5.59. The van der Waals surface area contributed by atoms with Crippen LogP contribution in [0.4, 0.5) is 10.8 Å². The Balaban J connectivity index is 1.49. The SMILES string of the molecule is COc1ccccc1Nc1nn(CN2CCCC3CCCCC32)c(=S)s1. The maximum Gasteiger partial charge on any atom is 0.209 e. The van der Waals surface area contributed by atoms with Crippen LogP contribution in [0, 0.1) is 9.87 Å².